The second-order valence-corrected chi connectivity index (χ2v) is 8.53. The van der Waals surface area contributed by atoms with Gasteiger partial charge in [0.05, 0.1) is 30.0 Å². The van der Waals surface area contributed by atoms with Crippen molar-refractivity contribution in [2.45, 2.75) is 11.5 Å². The number of rotatable bonds is 6. The number of para-hydroxylation sites is 1. The lowest BCUT2D eigenvalue weighted by atomic mass is 10.2. The number of morpholine rings is 1. The summed E-state index contributed by atoms with van der Waals surface area (Å²) >= 11 is 0. The highest BCUT2D eigenvalue weighted by molar-refractivity contribution is 7.89. The lowest BCUT2D eigenvalue weighted by Crippen LogP contribution is -2.40. The number of carbonyl (C=O) groups is 1. The zero-order valence-corrected chi connectivity index (χ0v) is 16.9. The van der Waals surface area contributed by atoms with Gasteiger partial charge in [-0.05, 0) is 29.8 Å². The summed E-state index contributed by atoms with van der Waals surface area (Å²) in [5.74, 6) is -0.640. The molecule has 0 N–H and O–H groups in total. The Morgan fingerprint density at radius 2 is 1.83 bits per heavy atom. The molecule has 1 saturated heterocycles. The van der Waals surface area contributed by atoms with E-state index in [1.54, 1.807) is 12.1 Å². The molecule has 0 bridgehead atoms. The third-order valence-electron chi connectivity index (χ3n) is 4.56. The second kappa shape index (κ2) is 8.74. The van der Waals surface area contributed by atoms with Gasteiger partial charge in [0.15, 0.2) is 5.69 Å². The van der Waals surface area contributed by atoms with E-state index >= 15 is 0 Å². The summed E-state index contributed by atoms with van der Waals surface area (Å²) < 4.78 is 37.5. The molecule has 2 aromatic carbocycles. The first-order chi connectivity index (χ1) is 14.5. The summed E-state index contributed by atoms with van der Waals surface area (Å²) in [5, 5.41) is 8.20. The van der Waals surface area contributed by atoms with Crippen LogP contribution in [0.3, 0.4) is 0 Å². The van der Waals surface area contributed by atoms with Crippen molar-refractivity contribution in [1.82, 2.24) is 19.3 Å². The largest absolute Gasteiger partial charge is 0.456 e. The van der Waals surface area contributed by atoms with E-state index in [2.05, 4.69) is 10.2 Å². The first kappa shape index (κ1) is 20.2. The predicted molar refractivity (Wildman–Crippen MR) is 106 cm³/mol. The first-order valence-electron chi connectivity index (χ1n) is 9.36. The third kappa shape index (κ3) is 4.40. The lowest BCUT2D eigenvalue weighted by Gasteiger charge is -2.26. The second-order valence-electron chi connectivity index (χ2n) is 6.59. The molecule has 1 aliphatic heterocycles. The average molecular weight is 428 g/mol. The monoisotopic (exact) mass is 428 g/mol. The molecule has 0 unspecified atom stereocenters. The molecule has 9 nitrogen and oxygen atoms in total. The molecule has 0 spiro atoms. The van der Waals surface area contributed by atoms with E-state index in [4.69, 9.17) is 9.47 Å². The normalized spacial score (nSPS) is 15.1. The quantitative estimate of drug-likeness (QED) is 0.550. The minimum Gasteiger partial charge on any atom is -0.456 e. The van der Waals surface area contributed by atoms with Crippen LogP contribution in [0.4, 0.5) is 0 Å². The molecule has 0 saturated carbocycles. The van der Waals surface area contributed by atoms with Crippen molar-refractivity contribution in [3.05, 3.63) is 72.1 Å². The number of aromatic nitrogens is 3. The number of hydrogen-bond donors (Lipinski definition) is 0. The Hall–Kier alpha value is -3.08. The van der Waals surface area contributed by atoms with Crippen molar-refractivity contribution in [1.29, 1.82) is 0 Å². The minimum absolute atomic E-state index is 0.0657. The number of ether oxygens (including phenoxy) is 2. The van der Waals surface area contributed by atoms with Gasteiger partial charge >= 0.3 is 5.97 Å². The van der Waals surface area contributed by atoms with Gasteiger partial charge in [0.25, 0.3) is 0 Å². The topological polar surface area (TPSA) is 104 Å². The van der Waals surface area contributed by atoms with Gasteiger partial charge < -0.3 is 9.47 Å². The zero-order valence-electron chi connectivity index (χ0n) is 16.0. The zero-order chi connectivity index (χ0) is 21.0. The van der Waals surface area contributed by atoms with Crippen molar-refractivity contribution in [2.75, 3.05) is 26.3 Å². The van der Waals surface area contributed by atoms with Crippen LogP contribution in [-0.2, 0) is 26.1 Å². The SMILES string of the molecule is O=C(OCc1cccc(S(=O)(=O)N2CCOCC2)c1)c1cnn(-c2ccccc2)n1. The van der Waals surface area contributed by atoms with Crippen LogP contribution in [0.25, 0.3) is 5.69 Å². The number of sulfonamides is 1. The smallest absolute Gasteiger partial charge is 0.360 e. The van der Waals surface area contributed by atoms with E-state index in [1.165, 1.54) is 27.4 Å². The number of hydrogen-bond acceptors (Lipinski definition) is 7. The Labute approximate surface area is 173 Å². The summed E-state index contributed by atoms with van der Waals surface area (Å²) in [6.07, 6.45) is 1.33. The van der Waals surface area contributed by atoms with Crippen molar-refractivity contribution in [3.63, 3.8) is 0 Å². The molecular formula is C20H20N4O5S. The highest BCUT2D eigenvalue weighted by atomic mass is 32.2. The molecule has 0 atom stereocenters. The van der Waals surface area contributed by atoms with Gasteiger partial charge in [0.2, 0.25) is 10.0 Å². The van der Waals surface area contributed by atoms with Crippen LogP contribution in [0.15, 0.2) is 65.7 Å². The number of nitrogens with zero attached hydrogens (tertiary/aromatic N) is 4. The lowest BCUT2D eigenvalue weighted by molar-refractivity contribution is 0.0465. The van der Waals surface area contributed by atoms with E-state index in [0.717, 1.165) is 5.69 Å². The molecule has 3 aromatic rings. The molecule has 4 rings (SSSR count). The van der Waals surface area contributed by atoms with E-state index in [0.29, 0.717) is 31.9 Å². The van der Waals surface area contributed by atoms with Gasteiger partial charge in [0, 0.05) is 13.1 Å². The Morgan fingerprint density at radius 3 is 2.60 bits per heavy atom. The van der Waals surface area contributed by atoms with Crippen LogP contribution >= 0.6 is 0 Å². The summed E-state index contributed by atoms with van der Waals surface area (Å²) in [6, 6.07) is 15.6. The van der Waals surface area contributed by atoms with Gasteiger partial charge in [-0.3, -0.25) is 0 Å². The maximum atomic E-state index is 12.8. The molecule has 1 aromatic heterocycles. The van der Waals surface area contributed by atoms with E-state index in [9.17, 15) is 13.2 Å². The summed E-state index contributed by atoms with van der Waals surface area (Å²) in [7, 11) is -3.62. The van der Waals surface area contributed by atoms with Gasteiger partial charge in [-0.2, -0.15) is 14.2 Å². The molecule has 156 valence electrons. The first-order valence-corrected chi connectivity index (χ1v) is 10.8. The van der Waals surface area contributed by atoms with Crippen LogP contribution < -0.4 is 0 Å². The summed E-state index contributed by atoms with van der Waals surface area (Å²) in [6.45, 7) is 1.31. The van der Waals surface area contributed by atoms with Gasteiger partial charge in [-0.1, -0.05) is 30.3 Å². The molecule has 1 fully saturated rings. The fourth-order valence-corrected chi connectivity index (χ4v) is 4.48. The summed E-state index contributed by atoms with van der Waals surface area (Å²) in [4.78, 5) is 13.8. The van der Waals surface area contributed by atoms with Gasteiger partial charge in [-0.15, -0.1) is 5.10 Å². The van der Waals surface area contributed by atoms with Crippen LogP contribution in [0, 0.1) is 0 Å². The molecular weight excluding hydrogens is 408 g/mol. The van der Waals surface area contributed by atoms with Crippen molar-refractivity contribution < 1.29 is 22.7 Å². The van der Waals surface area contributed by atoms with Gasteiger partial charge in [0.1, 0.15) is 6.61 Å². The minimum atomic E-state index is -3.62. The fourth-order valence-electron chi connectivity index (χ4n) is 3.00. The maximum absolute atomic E-state index is 12.8. The number of benzene rings is 2. The fraction of sp³-hybridized carbons (Fsp3) is 0.250. The van der Waals surface area contributed by atoms with Crippen molar-refractivity contribution in [3.8, 4) is 5.69 Å². The van der Waals surface area contributed by atoms with Gasteiger partial charge in [-0.25, -0.2) is 13.2 Å². The number of esters is 1. The molecule has 2 heterocycles. The highest BCUT2D eigenvalue weighted by Gasteiger charge is 2.26. The maximum Gasteiger partial charge on any atom is 0.360 e. The van der Waals surface area contributed by atoms with Crippen LogP contribution in [-0.4, -0.2) is 60.0 Å². The van der Waals surface area contributed by atoms with E-state index in [-0.39, 0.29) is 17.2 Å². The van der Waals surface area contributed by atoms with E-state index < -0.39 is 16.0 Å². The van der Waals surface area contributed by atoms with E-state index in [1.807, 2.05) is 30.3 Å². The number of carbonyl (C=O) groups excluding carboxylic acids is 1. The molecule has 0 radical (unpaired) electrons. The van der Waals surface area contributed by atoms with Crippen LogP contribution in [0.2, 0.25) is 0 Å². The molecule has 0 aliphatic carbocycles. The standard InChI is InChI=1S/C20H20N4O5S/c25-20(19-14-21-24(22-19)17-6-2-1-3-7-17)29-15-16-5-4-8-18(13-16)30(26,27)23-9-11-28-12-10-23/h1-8,13-14H,9-12,15H2. The average Bonchev–Trinajstić information content (AvgIpc) is 3.29. The Balaban J connectivity index is 1.42. The third-order valence-corrected chi connectivity index (χ3v) is 6.46. The molecule has 10 heteroatoms. The van der Waals surface area contributed by atoms with Crippen molar-refractivity contribution in [2.24, 2.45) is 0 Å². The Bertz CT molecular complexity index is 1120. The van der Waals surface area contributed by atoms with Crippen LogP contribution in [0.1, 0.15) is 16.1 Å². The molecule has 0 amide bonds. The molecule has 1 aliphatic rings. The van der Waals surface area contributed by atoms with Crippen molar-refractivity contribution >= 4 is 16.0 Å². The van der Waals surface area contributed by atoms with Crippen LogP contribution in [0.5, 0.6) is 0 Å². The Morgan fingerprint density at radius 1 is 1.07 bits per heavy atom. The highest BCUT2D eigenvalue weighted by Crippen LogP contribution is 2.19. The summed E-state index contributed by atoms with van der Waals surface area (Å²) in [5.41, 5.74) is 1.35. The molecule has 30 heavy (non-hydrogen) atoms. The Kier molecular flexibility index (Phi) is 5.88. The predicted octanol–water partition coefficient (Wildman–Crippen LogP) is 1.65.